The van der Waals surface area contributed by atoms with Gasteiger partial charge in [-0.15, -0.1) is 0 Å². The summed E-state index contributed by atoms with van der Waals surface area (Å²) < 4.78 is 0. The van der Waals surface area contributed by atoms with Crippen LogP contribution in [0.2, 0.25) is 0 Å². The van der Waals surface area contributed by atoms with Crippen molar-refractivity contribution in [1.29, 1.82) is 0 Å². The molecule has 10 rings (SSSR count). The zero-order valence-corrected chi connectivity index (χ0v) is 29.7. The fraction of sp³-hybridized carbons (Fsp3) is 0.0588. The van der Waals surface area contributed by atoms with Crippen molar-refractivity contribution in [2.24, 2.45) is 0 Å². The Morgan fingerprint density at radius 1 is 0.340 bits per heavy atom. The van der Waals surface area contributed by atoms with Crippen LogP contribution in [0.25, 0.3) is 88.8 Å². The van der Waals surface area contributed by atoms with Gasteiger partial charge in [0.25, 0.3) is 0 Å². The first kappa shape index (κ1) is 31.1. The van der Waals surface area contributed by atoms with Crippen LogP contribution in [0, 0.1) is 0 Å². The van der Waals surface area contributed by atoms with E-state index in [0.29, 0.717) is 5.82 Å². The van der Waals surface area contributed by atoms with Crippen molar-refractivity contribution in [1.82, 2.24) is 9.97 Å². The maximum Gasteiger partial charge on any atom is 0.160 e. The molecule has 250 valence electrons. The van der Waals surface area contributed by atoms with Crippen LogP contribution in [0.15, 0.2) is 182 Å². The number of aromatic nitrogens is 2. The van der Waals surface area contributed by atoms with Gasteiger partial charge in [0.05, 0.1) is 11.4 Å². The number of rotatable bonds is 5. The summed E-state index contributed by atoms with van der Waals surface area (Å²) >= 11 is 0. The molecule has 0 radical (unpaired) electrons. The van der Waals surface area contributed by atoms with Crippen LogP contribution in [0.4, 0.5) is 0 Å². The van der Waals surface area contributed by atoms with Crippen LogP contribution in [-0.4, -0.2) is 9.97 Å². The lowest BCUT2D eigenvalue weighted by molar-refractivity contribution is 0.660. The van der Waals surface area contributed by atoms with E-state index in [1.807, 2.05) is 6.07 Å². The smallest absolute Gasteiger partial charge is 0.160 e. The third kappa shape index (κ3) is 5.26. The molecular formula is C51H36N2. The van der Waals surface area contributed by atoms with E-state index >= 15 is 0 Å². The zero-order valence-electron chi connectivity index (χ0n) is 29.7. The topological polar surface area (TPSA) is 25.8 Å². The van der Waals surface area contributed by atoms with E-state index in [2.05, 4.69) is 190 Å². The Labute approximate surface area is 310 Å². The Balaban J connectivity index is 1.21. The molecule has 2 heteroatoms. The van der Waals surface area contributed by atoms with Crippen LogP contribution < -0.4 is 0 Å². The summed E-state index contributed by atoms with van der Waals surface area (Å²) in [5.41, 5.74) is 14.8. The fourth-order valence-corrected chi connectivity index (χ4v) is 8.34. The van der Waals surface area contributed by atoms with Crippen LogP contribution in [0.5, 0.6) is 0 Å². The lowest BCUT2D eigenvalue weighted by Crippen LogP contribution is -2.14. The van der Waals surface area contributed by atoms with Gasteiger partial charge in [-0.1, -0.05) is 159 Å². The van der Waals surface area contributed by atoms with Gasteiger partial charge in [0, 0.05) is 22.1 Å². The van der Waals surface area contributed by atoms with Gasteiger partial charge in [-0.3, -0.25) is 0 Å². The molecule has 9 aromatic rings. The molecule has 0 saturated carbocycles. The van der Waals surface area contributed by atoms with Gasteiger partial charge in [0.2, 0.25) is 0 Å². The van der Waals surface area contributed by atoms with Crippen molar-refractivity contribution in [2.75, 3.05) is 0 Å². The van der Waals surface area contributed by atoms with Crippen LogP contribution in [0.3, 0.4) is 0 Å². The summed E-state index contributed by atoms with van der Waals surface area (Å²) in [6, 6.07) is 65.5. The quantitative estimate of drug-likeness (QED) is 0.170. The van der Waals surface area contributed by atoms with Gasteiger partial charge in [-0.2, -0.15) is 0 Å². The number of hydrogen-bond acceptors (Lipinski definition) is 2. The van der Waals surface area contributed by atoms with Crippen LogP contribution in [-0.2, 0) is 5.41 Å². The van der Waals surface area contributed by atoms with Crippen molar-refractivity contribution in [2.45, 2.75) is 19.3 Å². The molecule has 0 fully saturated rings. The highest BCUT2D eigenvalue weighted by Gasteiger charge is 2.35. The third-order valence-corrected chi connectivity index (χ3v) is 11.1. The summed E-state index contributed by atoms with van der Waals surface area (Å²) in [6.07, 6.45) is 0. The predicted molar refractivity (Wildman–Crippen MR) is 222 cm³/mol. The first-order valence-electron chi connectivity index (χ1n) is 18.3. The molecule has 8 aromatic carbocycles. The monoisotopic (exact) mass is 676 g/mol. The number of fused-ring (bicyclic) bond motifs is 6. The molecular weight excluding hydrogens is 641 g/mol. The Kier molecular flexibility index (Phi) is 7.19. The lowest BCUT2D eigenvalue weighted by atomic mass is 9.82. The summed E-state index contributed by atoms with van der Waals surface area (Å²) in [6.45, 7) is 4.66. The standard InChI is InChI=1S/C51H36N2/c1-51(2)46-24-14-13-23-43(46)44-26-25-36(31-47(44)51)48-32-49(53-50(52-48)34-17-7-4-8-18-34)39-28-37(33-15-5-3-6-16-33)27-38(29-39)45-30-35-19-9-10-20-40(35)41-21-11-12-22-42(41)45/h3-32H,1-2H3. The minimum atomic E-state index is -0.110. The Morgan fingerprint density at radius 3 is 1.72 bits per heavy atom. The van der Waals surface area contributed by atoms with Gasteiger partial charge in [-0.25, -0.2) is 9.97 Å². The van der Waals surface area contributed by atoms with Gasteiger partial charge < -0.3 is 0 Å². The minimum absolute atomic E-state index is 0.110. The molecule has 53 heavy (non-hydrogen) atoms. The largest absolute Gasteiger partial charge is 0.228 e. The van der Waals surface area contributed by atoms with Gasteiger partial charge in [0.15, 0.2) is 5.82 Å². The van der Waals surface area contributed by atoms with Crippen LogP contribution in [0.1, 0.15) is 25.0 Å². The highest BCUT2D eigenvalue weighted by Crippen LogP contribution is 2.49. The van der Waals surface area contributed by atoms with E-state index in [4.69, 9.17) is 9.97 Å². The second kappa shape index (κ2) is 12.3. The van der Waals surface area contributed by atoms with Crippen molar-refractivity contribution in [3.8, 4) is 67.3 Å². The Hall–Kier alpha value is -6.64. The maximum atomic E-state index is 5.30. The normalized spacial score (nSPS) is 12.9. The molecule has 1 aromatic heterocycles. The highest BCUT2D eigenvalue weighted by atomic mass is 14.9. The van der Waals surface area contributed by atoms with Crippen molar-refractivity contribution < 1.29 is 0 Å². The molecule has 0 unspecified atom stereocenters. The van der Waals surface area contributed by atoms with E-state index in [-0.39, 0.29) is 5.41 Å². The average Bonchev–Trinajstić information content (AvgIpc) is 3.46. The second-order valence-electron chi connectivity index (χ2n) is 14.6. The molecule has 2 nitrogen and oxygen atoms in total. The number of hydrogen-bond donors (Lipinski definition) is 0. The Bertz CT molecular complexity index is 2850. The van der Waals surface area contributed by atoms with Gasteiger partial charge in [-0.05, 0) is 102 Å². The summed E-state index contributed by atoms with van der Waals surface area (Å²) in [5.74, 6) is 0.712. The minimum Gasteiger partial charge on any atom is -0.228 e. The van der Waals surface area contributed by atoms with Gasteiger partial charge >= 0.3 is 0 Å². The lowest BCUT2D eigenvalue weighted by Gasteiger charge is -2.22. The third-order valence-electron chi connectivity index (χ3n) is 11.1. The van der Waals surface area contributed by atoms with E-state index < -0.39 is 0 Å². The molecule has 0 atom stereocenters. The number of benzene rings is 8. The summed E-state index contributed by atoms with van der Waals surface area (Å²) in [7, 11) is 0. The molecule has 0 saturated heterocycles. The first-order chi connectivity index (χ1) is 26.0. The highest BCUT2D eigenvalue weighted by molar-refractivity contribution is 6.14. The molecule has 1 aliphatic carbocycles. The molecule has 1 aliphatic rings. The van der Waals surface area contributed by atoms with E-state index in [0.717, 1.165) is 39.2 Å². The Morgan fingerprint density at radius 2 is 0.925 bits per heavy atom. The van der Waals surface area contributed by atoms with Crippen molar-refractivity contribution in [3.63, 3.8) is 0 Å². The predicted octanol–water partition coefficient (Wildman–Crippen LogP) is 13.4. The van der Waals surface area contributed by atoms with Crippen LogP contribution >= 0.6 is 0 Å². The fourth-order valence-electron chi connectivity index (χ4n) is 8.34. The molecule has 1 heterocycles. The van der Waals surface area contributed by atoms with Crippen molar-refractivity contribution >= 4 is 21.5 Å². The first-order valence-corrected chi connectivity index (χ1v) is 18.3. The molecule has 0 N–H and O–H groups in total. The second-order valence-corrected chi connectivity index (χ2v) is 14.6. The SMILES string of the molecule is CC1(C)c2ccccc2-c2ccc(-c3cc(-c4cc(-c5ccccc5)cc(-c5cc6ccccc6c6ccccc56)c4)nc(-c4ccccc4)n3)cc21. The van der Waals surface area contributed by atoms with E-state index in [1.54, 1.807) is 0 Å². The molecule has 0 aliphatic heterocycles. The molecule has 0 amide bonds. The molecule has 0 spiro atoms. The van der Waals surface area contributed by atoms with E-state index in [1.165, 1.54) is 54.9 Å². The average molecular weight is 677 g/mol. The van der Waals surface area contributed by atoms with E-state index in [9.17, 15) is 0 Å². The summed E-state index contributed by atoms with van der Waals surface area (Å²) in [5, 5.41) is 4.98. The van der Waals surface area contributed by atoms with Gasteiger partial charge in [0.1, 0.15) is 0 Å². The van der Waals surface area contributed by atoms with Crippen molar-refractivity contribution in [3.05, 3.63) is 193 Å². The summed E-state index contributed by atoms with van der Waals surface area (Å²) in [4.78, 5) is 10.6. The zero-order chi connectivity index (χ0) is 35.5. The number of nitrogens with zero attached hydrogens (tertiary/aromatic N) is 2. The molecule has 0 bridgehead atoms. The maximum absolute atomic E-state index is 5.30.